The van der Waals surface area contributed by atoms with Crippen LogP contribution in [0.3, 0.4) is 0 Å². The van der Waals surface area contributed by atoms with Crippen molar-refractivity contribution in [3.63, 3.8) is 0 Å². The van der Waals surface area contributed by atoms with Gasteiger partial charge in [-0.05, 0) is 19.3 Å². The van der Waals surface area contributed by atoms with Gasteiger partial charge in [-0.2, -0.15) is 5.10 Å². The van der Waals surface area contributed by atoms with Crippen molar-refractivity contribution in [1.82, 2.24) is 15.1 Å². The van der Waals surface area contributed by atoms with Gasteiger partial charge in [0.05, 0.1) is 6.20 Å². The Morgan fingerprint density at radius 1 is 1.33 bits per heavy atom. The molecule has 1 heterocycles. The van der Waals surface area contributed by atoms with E-state index in [1.54, 1.807) is 0 Å². The normalized spacial score (nSPS) is 12.0. The third-order valence-electron chi connectivity index (χ3n) is 3.80. The molecule has 104 valence electrons. The van der Waals surface area contributed by atoms with Crippen LogP contribution < -0.4 is 5.32 Å². The number of nitrogens with one attached hydrogen (secondary N) is 1. The molecule has 18 heavy (non-hydrogen) atoms. The molecule has 0 unspecified atom stereocenters. The topological polar surface area (TPSA) is 50.1 Å². The first-order valence-electron chi connectivity index (χ1n) is 7.02. The molecule has 0 radical (unpaired) electrons. The maximum absolute atomic E-state index is 9.49. The SMILES string of the molecule is CCCn1cc(CNCC(CC)(CC)CO)cn1. The van der Waals surface area contributed by atoms with Gasteiger partial charge in [0.25, 0.3) is 0 Å². The first-order valence-corrected chi connectivity index (χ1v) is 7.02. The van der Waals surface area contributed by atoms with E-state index in [-0.39, 0.29) is 12.0 Å². The van der Waals surface area contributed by atoms with Crippen molar-refractivity contribution < 1.29 is 5.11 Å². The Kier molecular flexibility index (Phi) is 6.36. The standard InChI is InChI=1S/C14H27N3O/c1-4-7-17-10-13(9-16-17)8-15-11-14(5-2,6-3)12-18/h9-10,15,18H,4-8,11-12H2,1-3H3. The quantitative estimate of drug-likeness (QED) is 0.709. The van der Waals surface area contributed by atoms with Crippen molar-refractivity contribution in [3.05, 3.63) is 18.0 Å². The number of hydrogen-bond donors (Lipinski definition) is 2. The number of aliphatic hydroxyl groups excluding tert-OH is 1. The van der Waals surface area contributed by atoms with Crippen molar-refractivity contribution in [3.8, 4) is 0 Å². The highest BCUT2D eigenvalue weighted by Gasteiger charge is 2.24. The maximum Gasteiger partial charge on any atom is 0.0534 e. The van der Waals surface area contributed by atoms with Crippen LogP contribution in [-0.4, -0.2) is 28.0 Å². The fourth-order valence-corrected chi connectivity index (χ4v) is 2.10. The number of aromatic nitrogens is 2. The Morgan fingerprint density at radius 3 is 2.61 bits per heavy atom. The Hall–Kier alpha value is -0.870. The molecule has 0 aromatic carbocycles. The van der Waals surface area contributed by atoms with Crippen LogP contribution in [0.4, 0.5) is 0 Å². The zero-order chi connectivity index (χ0) is 13.4. The molecule has 2 N–H and O–H groups in total. The van der Waals surface area contributed by atoms with Crippen LogP contribution in [0.15, 0.2) is 12.4 Å². The fourth-order valence-electron chi connectivity index (χ4n) is 2.10. The molecule has 1 aromatic heterocycles. The molecule has 0 fully saturated rings. The second kappa shape index (κ2) is 7.54. The van der Waals surface area contributed by atoms with E-state index in [1.165, 1.54) is 5.56 Å². The molecule has 1 aromatic rings. The molecular weight excluding hydrogens is 226 g/mol. The molecule has 0 aliphatic rings. The van der Waals surface area contributed by atoms with Gasteiger partial charge in [0.1, 0.15) is 0 Å². The summed E-state index contributed by atoms with van der Waals surface area (Å²) in [4.78, 5) is 0. The summed E-state index contributed by atoms with van der Waals surface area (Å²) in [5, 5.41) is 17.2. The van der Waals surface area contributed by atoms with E-state index in [2.05, 4.69) is 37.4 Å². The van der Waals surface area contributed by atoms with Crippen molar-refractivity contribution in [2.45, 2.75) is 53.1 Å². The minimum atomic E-state index is 0.0272. The lowest BCUT2D eigenvalue weighted by atomic mass is 9.83. The zero-order valence-electron chi connectivity index (χ0n) is 11.9. The second-order valence-electron chi connectivity index (χ2n) is 5.08. The van der Waals surface area contributed by atoms with Gasteiger partial charge < -0.3 is 10.4 Å². The number of aliphatic hydroxyl groups is 1. The summed E-state index contributed by atoms with van der Waals surface area (Å²) >= 11 is 0. The highest BCUT2D eigenvalue weighted by Crippen LogP contribution is 2.24. The van der Waals surface area contributed by atoms with Gasteiger partial charge in [0.2, 0.25) is 0 Å². The average Bonchev–Trinajstić information content (AvgIpc) is 2.84. The number of aryl methyl sites for hydroxylation is 1. The summed E-state index contributed by atoms with van der Waals surface area (Å²) in [5.74, 6) is 0. The van der Waals surface area contributed by atoms with Crippen LogP contribution in [0.1, 0.15) is 45.6 Å². The number of nitrogens with zero attached hydrogens (tertiary/aromatic N) is 2. The van der Waals surface area contributed by atoms with Crippen molar-refractivity contribution in [1.29, 1.82) is 0 Å². The van der Waals surface area contributed by atoms with E-state index < -0.39 is 0 Å². The number of hydrogen-bond acceptors (Lipinski definition) is 3. The molecule has 0 aliphatic carbocycles. The fraction of sp³-hybridized carbons (Fsp3) is 0.786. The van der Waals surface area contributed by atoms with Crippen LogP contribution in [-0.2, 0) is 13.1 Å². The van der Waals surface area contributed by atoms with Crippen LogP contribution in [0, 0.1) is 5.41 Å². The van der Waals surface area contributed by atoms with Crippen LogP contribution in [0.2, 0.25) is 0 Å². The summed E-state index contributed by atoms with van der Waals surface area (Å²) in [6, 6.07) is 0. The molecule has 0 aliphatic heterocycles. The van der Waals surface area contributed by atoms with E-state index in [1.807, 2.05) is 10.9 Å². The second-order valence-corrected chi connectivity index (χ2v) is 5.08. The monoisotopic (exact) mass is 253 g/mol. The van der Waals surface area contributed by atoms with Crippen LogP contribution >= 0.6 is 0 Å². The summed E-state index contributed by atoms with van der Waals surface area (Å²) in [6.07, 6.45) is 7.12. The van der Waals surface area contributed by atoms with Crippen LogP contribution in [0.25, 0.3) is 0 Å². The molecule has 4 heteroatoms. The van der Waals surface area contributed by atoms with Crippen molar-refractivity contribution in [2.24, 2.45) is 5.41 Å². The van der Waals surface area contributed by atoms with Gasteiger partial charge in [-0.25, -0.2) is 0 Å². The minimum absolute atomic E-state index is 0.0272. The summed E-state index contributed by atoms with van der Waals surface area (Å²) in [7, 11) is 0. The van der Waals surface area contributed by atoms with Crippen molar-refractivity contribution in [2.75, 3.05) is 13.2 Å². The Balaban J connectivity index is 2.40. The third-order valence-corrected chi connectivity index (χ3v) is 3.80. The summed E-state index contributed by atoms with van der Waals surface area (Å²) < 4.78 is 1.98. The van der Waals surface area contributed by atoms with E-state index >= 15 is 0 Å². The van der Waals surface area contributed by atoms with Crippen LogP contribution in [0.5, 0.6) is 0 Å². The van der Waals surface area contributed by atoms with E-state index in [0.29, 0.717) is 0 Å². The Labute approximate surface area is 110 Å². The Morgan fingerprint density at radius 2 is 2.06 bits per heavy atom. The first kappa shape index (κ1) is 15.2. The molecule has 0 spiro atoms. The minimum Gasteiger partial charge on any atom is -0.396 e. The number of rotatable bonds is 9. The summed E-state index contributed by atoms with van der Waals surface area (Å²) in [6.45, 7) is 9.34. The largest absolute Gasteiger partial charge is 0.396 e. The lowest BCUT2D eigenvalue weighted by Crippen LogP contribution is -2.36. The molecule has 0 saturated carbocycles. The molecule has 0 atom stereocenters. The molecular formula is C14H27N3O. The van der Waals surface area contributed by atoms with Gasteiger partial charge in [0.15, 0.2) is 0 Å². The van der Waals surface area contributed by atoms with E-state index in [4.69, 9.17) is 0 Å². The zero-order valence-corrected chi connectivity index (χ0v) is 11.9. The Bertz CT molecular complexity index is 323. The van der Waals surface area contributed by atoms with Gasteiger partial charge in [-0.1, -0.05) is 20.8 Å². The predicted molar refractivity (Wildman–Crippen MR) is 74.3 cm³/mol. The highest BCUT2D eigenvalue weighted by atomic mass is 16.3. The summed E-state index contributed by atoms with van der Waals surface area (Å²) in [5.41, 5.74) is 1.24. The van der Waals surface area contributed by atoms with E-state index in [9.17, 15) is 5.11 Å². The lowest BCUT2D eigenvalue weighted by Gasteiger charge is -2.29. The van der Waals surface area contributed by atoms with Gasteiger partial charge in [-0.15, -0.1) is 0 Å². The average molecular weight is 253 g/mol. The molecule has 0 bridgehead atoms. The highest BCUT2D eigenvalue weighted by molar-refractivity contribution is 5.03. The van der Waals surface area contributed by atoms with Crippen molar-refractivity contribution >= 4 is 0 Å². The first-order chi connectivity index (χ1) is 8.69. The molecule has 0 saturated heterocycles. The van der Waals surface area contributed by atoms with E-state index in [0.717, 1.165) is 38.9 Å². The smallest absolute Gasteiger partial charge is 0.0534 e. The predicted octanol–water partition coefficient (Wildman–Crippen LogP) is 2.18. The molecule has 1 rings (SSSR count). The van der Waals surface area contributed by atoms with Gasteiger partial charge >= 0.3 is 0 Å². The van der Waals surface area contributed by atoms with Gasteiger partial charge in [-0.3, -0.25) is 4.68 Å². The molecule has 0 amide bonds. The maximum atomic E-state index is 9.49. The lowest BCUT2D eigenvalue weighted by molar-refractivity contribution is 0.113. The van der Waals surface area contributed by atoms with Gasteiger partial charge in [0, 0.05) is 43.4 Å². The molecule has 4 nitrogen and oxygen atoms in total. The third kappa shape index (κ3) is 4.10.